The molecular weight excluding hydrogens is 570 g/mol. The number of nitrogens with zero attached hydrogens (tertiary/aromatic N) is 2. The van der Waals surface area contributed by atoms with Gasteiger partial charge in [-0.05, 0) is 36.1 Å². The minimum Gasteiger partial charge on any atom is -0.465 e. The molecule has 0 saturated heterocycles. The molecule has 0 radical (unpaired) electrons. The van der Waals surface area contributed by atoms with E-state index in [1.54, 1.807) is 12.1 Å². The third kappa shape index (κ3) is 7.21. The molecule has 236 valence electrons. The van der Waals surface area contributed by atoms with E-state index in [4.69, 9.17) is 15.2 Å². The van der Waals surface area contributed by atoms with E-state index in [9.17, 15) is 19.7 Å². The second-order valence-electron chi connectivity index (χ2n) is 11.5. The maximum atomic E-state index is 14.0. The number of quaternary nitrogens is 1. The first-order chi connectivity index (χ1) is 21.6. The highest BCUT2D eigenvalue weighted by atomic mass is 16.6. The average Bonchev–Trinajstić information content (AvgIpc) is 3.06. The minimum atomic E-state index is -0.912. The van der Waals surface area contributed by atoms with Crippen LogP contribution < -0.4 is 5.73 Å². The molecule has 4 rings (SSSR count). The standard InChI is InChI=1S/C36H42N3O6/c1-25-32(35(40)44-4)34(29-18-13-19-30(24-29)38(42)43)33(36(41)45-23-12-11-21-37)26(2)39(25,3)22-20-31(27-14-7-5-8-15-27)28-16-9-6-10-17-28/h5-10,13-19,24,31,34H,11-12,20-23,37H2,1-4H3/q+1. The number of esters is 2. The van der Waals surface area contributed by atoms with Crippen LogP contribution in [-0.2, 0) is 19.1 Å². The Balaban J connectivity index is 1.87. The molecule has 1 aliphatic heterocycles. The molecule has 0 bridgehead atoms. The Labute approximate surface area is 264 Å². The summed E-state index contributed by atoms with van der Waals surface area (Å²) >= 11 is 0. The number of unbranched alkanes of at least 4 members (excludes halogenated alkanes) is 1. The third-order valence-electron chi connectivity index (χ3n) is 8.98. The van der Waals surface area contributed by atoms with E-state index in [0.29, 0.717) is 49.3 Å². The average molecular weight is 613 g/mol. The number of nitro groups is 1. The lowest BCUT2D eigenvalue weighted by Gasteiger charge is -2.43. The highest BCUT2D eigenvalue weighted by Gasteiger charge is 2.48. The molecule has 2 atom stereocenters. The number of rotatable bonds is 13. The molecule has 1 heterocycles. The summed E-state index contributed by atoms with van der Waals surface area (Å²) in [5, 5.41) is 11.7. The number of nitro benzene ring substituents is 1. The summed E-state index contributed by atoms with van der Waals surface area (Å²) in [4.78, 5) is 38.8. The highest BCUT2D eigenvalue weighted by molar-refractivity contribution is 5.99. The van der Waals surface area contributed by atoms with Gasteiger partial charge in [-0.2, -0.15) is 0 Å². The predicted molar refractivity (Wildman–Crippen MR) is 173 cm³/mol. The molecule has 0 fully saturated rings. The van der Waals surface area contributed by atoms with Crippen molar-refractivity contribution in [3.05, 3.63) is 134 Å². The fourth-order valence-corrected chi connectivity index (χ4v) is 6.25. The summed E-state index contributed by atoms with van der Waals surface area (Å²) in [6, 6.07) is 26.6. The maximum Gasteiger partial charge on any atom is 0.340 e. The maximum absolute atomic E-state index is 14.0. The fourth-order valence-electron chi connectivity index (χ4n) is 6.25. The number of non-ortho nitro benzene ring substituents is 1. The lowest BCUT2D eigenvalue weighted by atomic mass is 9.78. The Morgan fingerprint density at radius 2 is 1.47 bits per heavy atom. The lowest BCUT2D eigenvalue weighted by Crippen LogP contribution is -2.48. The van der Waals surface area contributed by atoms with Crippen molar-refractivity contribution in [1.29, 1.82) is 0 Å². The van der Waals surface area contributed by atoms with E-state index in [2.05, 4.69) is 24.3 Å². The SMILES string of the molecule is COC(=O)C1=C(C)[N+](C)(CCC(c2ccccc2)c2ccccc2)C(C)=C(C(=O)OCCCCN)C1c1cccc([N+](=O)[O-])c1. The van der Waals surface area contributed by atoms with Gasteiger partial charge in [0.25, 0.3) is 5.69 Å². The van der Waals surface area contributed by atoms with E-state index in [1.807, 2.05) is 57.3 Å². The first-order valence-electron chi connectivity index (χ1n) is 15.2. The van der Waals surface area contributed by atoms with Crippen molar-refractivity contribution >= 4 is 17.6 Å². The van der Waals surface area contributed by atoms with Gasteiger partial charge in [0.05, 0.1) is 38.2 Å². The van der Waals surface area contributed by atoms with Crippen LogP contribution in [0.5, 0.6) is 0 Å². The highest BCUT2D eigenvalue weighted by Crippen LogP contribution is 2.47. The molecule has 2 N–H and O–H groups in total. The monoisotopic (exact) mass is 612 g/mol. The van der Waals surface area contributed by atoms with Gasteiger partial charge >= 0.3 is 11.9 Å². The van der Waals surface area contributed by atoms with Crippen molar-refractivity contribution in [3.63, 3.8) is 0 Å². The van der Waals surface area contributed by atoms with E-state index in [1.165, 1.54) is 19.2 Å². The summed E-state index contributed by atoms with van der Waals surface area (Å²) in [6.07, 6.45) is 1.99. The molecular formula is C36H42N3O6+. The summed E-state index contributed by atoms with van der Waals surface area (Å²) in [6.45, 7) is 4.96. The largest absolute Gasteiger partial charge is 0.465 e. The molecule has 9 nitrogen and oxygen atoms in total. The molecule has 0 spiro atoms. The van der Waals surface area contributed by atoms with Crippen LogP contribution in [0.3, 0.4) is 0 Å². The van der Waals surface area contributed by atoms with Gasteiger partial charge in [-0.25, -0.2) is 9.59 Å². The first-order valence-corrected chi connectivity index (χ1v) is 15.2. The quantitative estimate of drug-likeness (QED) is 0.0783. The molecule has 3 aromatic carbocycles. The number of carbonyl (C=O) groups is 2. The van der Waals surface area contributed by atoms with Crippen LogP contribution in [0, 0.1) is 10.1 Å². The smallest absolute Gasteiger partial charge is 0.340 e. The summed E-state index contributed by atoms with van der Waals surface area (Å²) < 4.78 is 11.2. The van der Waals surface area contributed by atoms with E-state index in [-0.39, 0.29) is 33.8 Å². The second kappa shape index (κ2) is 14.9. The molecule has 1 aliphatic rings. The van der Waals surface area contributed by atoms with Crippen LogP contribution in [0.1, 0.15) is 61.6 Å². The number of carbonyl (C=O) groups excluding carboxylic acids is 2. The van der Waals surface area contributed by atoms with Crippen molar-refractivity contribution < 1.29 is 28.5 Å². The van der Waals surface area contributed by atoms with Gasteiger partial charge in [0.15, 0.2) is 0 Å². The summed E-state index contributed by atoms with van der Waals surface area (Å²) in [7, 11) is 3.29. The van der Waals surface area contributed by atoms with Crippen molar-refractivity contribution in [2.24, 2.45) is 5.73 Å². The molecule has 9 heteroatoms. The third-order valence-corrected chi connectivity index (χ3v) is 8.98. The molecule has 0 saturated carbocycles. The van der Waals surface area contributed by atoms with Crippen LogP contribution in [0.4, 0.5) is 5.69 Å². The number of benzene rings is 3. The number of methoxy groups -OCH3 is 1. The van der Waals surface area contributed by atoms with Gasteiger partial charge in [0.1, 0.15) is 22.5 Å². The Morgan fingerprint density at radius 1 is 0.889 bits per heavy atom. The summed E-state index contributed by atoms with van der Waals surface area (Å²) in [5.74, 6) is -2.02. The van der Waals surface area contributed by atoms with Crippen molar-refractivity contribution in [2.45, 2.75) is 44.9 Å². The van der Waals surface area contributed by atoms with Gasteiger partial charge in [-0.1, -0.05) is 72.8 Å². The van der Waals surface area contributed by atoms with Crippen molar-refractivity contribution in [1.82, 2.24) is 0 Å². The van der Waals surface area contributed by atoms with E-state index in [0.717, 1.165) is 11.1 Å². The van der Waals surface area contributed by atoms with Crippen LogP contribution in [0.2, 0.25) is 0 Å². The molecule has 2 unspecified atom stereocenters. The van der Waals surface area contributed by atoms with Gasteiger partial charge < -0.3 is 15.2 Å². The summed E-state index contributed by atoms with van der Waals surface area (Å²) in [5.41, 5.74) is 10.2. The first kappa shape index (κ1) is 33.3. The zero-order chi connectivity index (χ0) is 32.6. The Kier molecular flexibility index (Phi) is 11.0. The van der Waals surface area contributed by atoms with Crippen molar-refractivity contribution in [2.75, 3.05) is 33.9 Å². The van der Waals surface area contributed by atoms with Gasteiger partial charge in [-0.3, -0.25) is 14.6 Å². The van der Waals surface area contributed by atoms with Crippen LogP contribution >= 0.6 is 0 Å². The van der Waals surface area contributed by atoms with Gasteiger partial charge in [0.2, 0.25) is 0 Å². The predicted octanol–water partition coefficient (Wildman–Crippen LogP) is 6.36. The number of nitrogens with two attached hydrogens (primary N) is 1. The zero-order valence-corrected chi connectivity index (χ0v) is 26.4. The Hall–Kier alpha value is -4.60. The fraction of sp³-hybridized carbons (Fsp3) is 0.333. The lowest BCUT2D eigenvalue weighted by molar-refractivity contribution is -0.836. The van der Waals surface area contributed by atoms with Gasteiger partial charge in [0, 0.05) is 38.3 Å². The van der Waals surface area contributed by atoms with Crippen LogP contribution in [0.15, 0.2) is 107 Å². The number of hydrogen-bond acceptors (Lipinski definition) is 7. The van der Waals surface area contributed by atoms with E-state index >= 15 is 0 Å². The topological polar surface area (TPSA) is 122 Å². The Morgan fingerprint density at radius 3 is 2.00 bits per heavy atom. The minimum absolute atomic E-state index is 0.0608. The molecule has 45 heavy (non-hydrogen) atoms. The second-order valence-corrected chi connectivity index (χ2v) is 11.5. The number of hydrogen-bond donors (Lipinski definition) is 1. The molecule has 0 amide bonds. The normalized spacial score (nSPS) is 18.2. The zero-order valence-electron chi connectivity index (χ0n) is 26.4. The van der Waals surface area contributed by atoms with Crippen LogP contribution in [-0.4, -0.2) is 55.2 Å². The van der Waals surface area contributed by atoms with Crippen LogP contribution in [0.25, 0.3) is 0 Å². The number of allylic oxidation sites excluding steroid dienone is 2. The molecule has 0 aromatic heterocycles. The molecule has 0 aliphatic carbocycles. The number of ether oxygens (including phenoxy) is 2. The van der Waals surface area contributed by atoms with E-state index < -0.39 is 22.8 Å². The van der Waals surface area contributed by atoms with Gasteiger partial charge in [-0.15, -0.1) is 0 Å². The van der Waals surface area contributed by atoms with Crippen molar-refractivity contribution in [3.8, 4) is 0 Å². The Bertz CT molecular complexity index is 1550. The molecule has 3 aromatic rings.